The molecule has 108 valence electrons. The second-order valence-corrected chi connectivity index (χ2v) is 5.06. The van der Waals surface area contributed by atoms with Gasteiger partial charge in [0.05, 0.1) is 0 Å². The van der Waals surface area contributed by atoms with Crippen LogP contribution in [-0.4, -0.2) is 30.0 Å². The Morgan fingerprint density at radius 1 is 1.55 bits per heavy atom. The number of anilines is 1. The Bertz CT molecular complexity index is 495. The predicted molar refractivity (Wildman–Crippen MR) is 80.7 cm³/mol. The zero-order valence-corrected chi connectivity index (χ0v) is 12.0. The van der Waals surface area contributed by atoms with Gasteiger partial charge < -0.3 is 15.4 Å². The standard InChI is InChI=1S/C16H22N2O2/c1-3-5-12-10-13(17)6-9-15(12)20-11-16(19)18(4-2)14-7-8-14/h3,6,9-10,14H,1,4-5,7-8,11,17H2,2H3. The Kier molecular flexibility index (Phi) is 4.66. The molecule has 0 spiro atoms. The van der Waals surface area contributed by atoms with Crippen LogP contribution in [0.15, 0.2) is 30.9 Å². The third-order valence-electron chi connectivity index (χ3n) is 3.45. The van der Waals surface area contributed by atoms with Crippen molar-refractivity contribution in [1.82, 2.24) is 4.90 Å². The average molecular weight is 274 g/mol. The molecule has 0 heterocycles. The Balaban J connectivity index is 1.99. The highest BCUT2D eigenvalue weighted by Gasteiger charge is 2.31. The number of hydrogen-bond acceptors (Lipinski definition) is 3. The highest BCUT2D eigenvalue weighted by atomic mass is 16.5. The largest absolute Gasteiger partial charge is 0.483 e. The molecule has 1 aliphatic rings. The van der Waals surface area contributed by atoms with E-state index < -0.39 is 0 Å². The van der Waals surface area contributed by atoms with Gasteiger partial charge >= 0.3 is 0 Å². The molecule has 20 heavy (non-hydrogen) atoms. The number of nitrogen functional groups attached to an aromatic ring is 1. The van der Waals surface area contributed by atoms with Crippen LogP contribution in [0.5, 0.6) is 5.75 Å². The highest BCUT2D eigenvalue weighted by molar-refractivity contribution is 5.78. The summed E-state index contributed by atoms with van der Waals surface area (Å²) >= 11 is 0. The van der Waals surface area contributed by atoms with Gasteiger partial charge in [0.25, 0.3) is 5.91 Å². The molecule has 0 unspecified atom stereocenters. The van der Waals surface area contributed by atoms with E-state index in [4.69, 9.17) is 10.5 Å². The van der Waals surface area contributed by atoms with Crippen molar-refractivity contribution in [1.29, 1.82) is 0 Å². The minimum atomic E-state index is 0.0522. The Hall–Kier alpha value is -1.97. The van der Waals surface area contributed by atoms with Crippen LogP contribution < -0.4 is 10.5 Å². The maximum atomic E-state index is 12.1. The van der Waals surface area contributed by atoms with E-state index in [1.54, 1.807) is 12.1 Å². The molecular weight excluding hydrogens is 252 g/mol. The summed E-state index contributed by atoms with van der Waals surface area (Å²) in [6.07, 6.45) is 4.70. The van der Waals surface area contributed by atoms with Crippen molar-refractivity contribution in [3.05, 3.63) is 36.4 Å². The van der Waals surface area contributed by atoms with Crippen LogP contribution in [0.4, 0.5) is 5.69 Å². The summed E-state index contributed by atoms with van der Waals surface area (Å²) in [6.45, 7) is 6.55. The van der Waals surface area contributed by atoms with E-state index >= 15 is 0 Å². The van der Waals surface area contributed by atoms with Crippen molar-refractivity contribution in [3.8, 4) is 5.75 Å². The number of nitrogens with two attached hydrogens (primary N) is 1. The van der Waals surface area contributed by atoms with E-state index in [1.165, 1.54) is 0 Å². The van der Waals surface area contributed by atoms with Crippen LogP contribution in [0.1, 0.15) is 25.3 Å². The summed E-state index contributed by atoms with van der Waals surface area (Å²) in [4.78, 5) is 14.0. The van der Waals surface area contributed by atoms with Gasteiger partial charge in [0, 0.05) is 18.3 Å². The number of carbonyl (C=O) groups excluding carboxylic acids is 1. The molecule has 1 amide bonds. The lowest BCUT2D eigenvalue weighted by molar-refractivity contribution is -0.133. The first-order valence-electron chi connectivity index (χ1n) is 7.07. The van der Waals surface area contributed by atoms with Gasteiger partial charge in [-0.15, -0.1) is 6.58 Å². The molecule has 0 bridgehead atoms. The number of benzene rings is 1. The van der Waals surface area contributed by atoms with Gasteiger partial charge in [-0.25, -0.2) is 0 Å². The Labute approximate surface area is 120 Å². The van der Waals surface area contributed by atoms with E-state index in [9.17, 15) is 4.79 Å². The van der Waals surface area contributed by atoms with Gasteiger partial charge in [-0.1, -0.05) is 6.08 Å². The van der Waals surface area contributed by atoms with Crippen molar-refractivity contribution in [2.75, 3.05) is 18.9 Å². The van der Waals surface area contributed by atoms with Crippen LogP contribution in [0.25, 0.3) is 0 Å². The van der Waals surface area contributed by atoms with E-state index in [0.29, 0.717) is 23.9 Å². The number of carbonyl (C=O) groups is 1. The summed E-state index contributed by atoms with van der Waals surface area (Å²) in [7, 11) is 0. The van der Waals surface area contributed by atoms with E-state index in [-0.39, 0.29) is 12.5 Å². The lowest BCUT2D eigenvalue weighted by Gasteiger charge is -2.21. The highest BCUT2D eigenvalue weighted by Crippen LogP contribution is 2.27. The van der Waals surface area contributed by atoms with Crippen molar-refractivity contribution in [3.63, 3.8) is 0 Å². The molecule has 1 aromatic rings. The third-order valence-corrected chi connectivity index (χ3v) is 3.45. The number of hydrogen-bond donors (Lipinski definition) is 1. The second kappa shape index (κ2) is 6.46. The first-order valence-corrected chi connectivity index (χ1v) is 7.07. The van der Waals surface area contributed by atoms with Crippen LogP contribution in [0.3, 0.4) is 0 Å². The molecule has 2 N–H and O–H groups in total. The lowest BCUT2D eigenvalue weighted by atomic mass is 10.1. The second-order valence-electron chi connectivity index (χ2n) is 5.06. The van der Waals surface area contributed by atoms with E-state index in [2.05, 4.69) is 6.58 Å². The number of allylic oxidation sites excluding steroid dienone is 1. The molecule has 0 radical (unpaired) electrons. The summed E-state index contributed by atoms with van der Waals surface area (Å²) in [5.74, 6) is 0.760. The smallest absolute Gasteiger partial charge is 0.260 e. The summed E-state index contributed by atoms with van der Waals surface area (Å²) in [6, 6.07) is 5.88. The van der Waals surface area contributed by atoms with Crippen LogP contribution >= 0.6 is 0 Å². The molecule has 2 rings (SSSR count). The van der Waals surface area contributed by atoms with Gasteiger partial charge in [0.2, 0.25) is 0 Å². The zero-order valence-electron chi connectivity index (χ0n) is 12.0. The monoisotopic (exact) mass is 274 g/mol. The molecule has 1 aliphatic carbocycles. The summed E-state index contributed by atoms with van der Waals surface area (Å²) in [5, 5.41) is 0. The van der Waals surface area contributed by atoms with Gasteiger partial charge in [-0.3, -0.25) is 4.79 Å². The lowest BCUT2D eigenvalue weighted by Crippen LogP contribution is -2.36. The van der Waals surface area contributed by atoms with Gasteiger partial charge in [0.15, 0.2) is 6.61 Å². The van der Waals surface area contributed by atoms with Crippen molar-refractivity contribution in [2.45, 2.75) is 32.2 Å². The topological polar surface area (TPSA) is 55.6 Å². The maximum absolute atomic E-state index is 12.1. The van der Waals surface area contributed by atoms with Crippen molar-refractivity contribution in [2.24, 2.45) is 0 Å². The number of likely N-dealkylation sites (N-methyl/N-ethyl adjacent to an activating group) is 1. The Morgan fingerprint density at radius 3 is 2.90 bits per heavy atom. The fourth-order valence-corrected chi connectivity index (χ4v) is 2.30. The predicted octanol–water partition coefficient (Wildman–Crippen LogP) is 2.39. The van der Waals surface area contributed by atoms with E-state index in [1.807, 2.05) is 24.0 Å². The molecule has 0 atom stereocenters. The van der Waals surface area contributed by atoms with Crippen molar-refractivity contribution >= 4 is 11.6 Å². The average Bonchev–Trinajstić information content (AvgIpc) is 3.24. The first kappa shape index (κ1) is 14.4. The van der Waals surface area contributed by atoms with Crippen molar-refractivity contribution < 1.29 is 9.53 Å². The quantitative estimate of drug-likeness (QED) is 0.613. The first-order chi connectivity index (χ1) is 9.65. The molecule has 1 saturated carbocycles. The SMILES string of the molecule is C=CCc1cc(N)ccc1OCC(=O)N(CC)C1CC1. The van der Waals surface area contributed by atoms with Gasteiger partial charge in [-0.2, -0.15) is 0 Å². The number of nitrogens with zero attached hydrogens (tertiary/aromatic N) is 1. The minimum absolute atomic E-state index is 0.0522. The molecule has 1 fully saturated rings. The summed E-state index contributed by atoms with van der Waals surface area (Å²) in [5.41, 5.74) is 7.42. The maximum Gasteiger partial charge on any atom is 0.260 e. The molecule has 0 aromatic heterocycles. The molecule has 0 aliphatic heterocycles. The third kappa shape index (κ3) is 3.53. The minimum Gasteiger partial charge on any atom is -0.483 e. The van der Waals surface area contributed by atoms with Crippen LogP contribution in [0.2, 0.25) is 0 Å². The number of ether oxygens (including phenoxy) is 1. The Morgan fingerprint density at radius 2 is 2.30 bits per heavy atom. The van der Waals surface area contributed by atoms with Crippen LogP contribution in [-0.2, 0) is 11.2 Å². The number of amides is 1. The van der Waals surface area contributed by atoms with Crippen LogP contribution in [0, 0.1) is 0 Å². The van der Waals surface area contributed by atoms with Gasteiger partial charge in [-0.05, 0) is 49.9 Å². The number of rotatable bonds is 7. The molecular formula is C16H22N2O2. The molecule has 4 nitrogen and oxygen atoms in total. The fraction of sp³-hybridized carbons (Fsp3) is 0.438. The zero-order chi connectivity index (χ0) is 14.5. The molecule has 4 heteroatoms. The summed E-state index contributed by atoms with van der Waals surface area (Å²) < 4.78 is 5.67. The molecule has 1 aromatic carbocycles. The fourth-order valence-electron chi connectivity index (χ4n) is 2.30. The normalized spacial score (nSPS) is 13.8. The van der Waals surface area contributed by atoms with Gasteiger partial charge in [0.1, 0.15) is 5.75 Å². The van der Waals surface area contributed by atoms with E-state index in [0.717, 1.165) is 24.9 Å². The molecule has 0 saturated heterocycles.